The van der Waals surface area contributed by atoms with Crippen molar-refractivity contribution in [1.82, 2.24) is 29.1 Å². The highest BCUT2D eigenvalue weighted by Gasteiger charge is 2.59. The SMILES string of the molecule is COC(=O)c1c(CCCO)c2ccc(F)c(-c3c(C)nn(C45CC(C4)C5)c3CSCc3cc(CSc4cc(O)c5ncccc5c4)n(C)n3)c2n1C. The smallest absolute Gasteiger partial charge is 0.354 e. The van der Waals surface area contributed by atoms with Gasteiger partial charge in [-0.2, -0.15) is 10.2 Å². The van der Waals surface area contributed by atoms with Crippen LogP contribution in [-0.4, -0.2) is 59.0 Å². The molecule has 6 aromatic rings. The van der Waals surface area contributed by atoms with E-state index >= 15 is 4.39 Å². The summed E-state index contributed by atoms with van der Waals surface area (Å²) in [4.78, 5) is 18.3. The monoisotopic (exact) mass is 740 g/mol. The van der Waals surface area contributed by atoms with Crippen LogP contribution in [0.1, 0.15) is 64.5 Å². The molecular formula is C39H41FN6O4S2. The Morgan fingerprint density at radius 2 is 1.88 bits per heavy atom. The lowest BCUT2D eigenvalue weighted by molar-refractivity contribution is -0.0993. The molecule has 0 amide bonds. The van der Waals surface area contributed by atoms with Gasteiger partial charge in [0.25, 0.3) is 0 Å². The maximum atomic E-state index is 16.3. The number of nitrogens with zero attached hydrogens (tertiary/aromatic N) is 6. The number of fused-ring (bicyclic) bond motifs is 2. The minimum Gasteiger partial charge on any atom is -0.506 e. The zero-order valence-electron chi connectivity index (χ0n) is 29.6. The van der Waals surface area contributed by atoms with Gasteiger partial charge in [-0.1, -0.05) is 6.07 Å². The van der Waals surface area contributed by atoms with Gasteiger partial charge in [0.15, 0.2) is 0 Å². The average Bonchev–Trinajstić information content (AvgIpc) is 3.70. The largest absolute Gasteiger partial charge is 0.506 e. The maximum Gasteiger partial charge on any atom is 0.354 e. The quantitative estimate of drug-likeness (QED) is 0.0921. The highest BCUT2D eigenvalue weighted by atomic mass is 32.2. The molecular weight excluding hydrogens is 700 g/mol. The van der Waals surface area contributed by atoms with Crippen molar-refractivity contribution in [2.45, 2.75) is 66.7 Å². The normalized spacial score (nSPS) is 17.8. The second-order valence-electron chi connectivity index (χ2n) is 14.1. The Hall–Kier alpha value is -4.33. The number of pyridine rings is 1. The second-order valence-corrected chi connectivity index (χ2v) is 16.1. The molecule has 52 heavy (non-hydrogen) atoms. The molecule has 0 spiro atoms. The van der Waals surface area contributed by atoms with E-state index < -0.39 is 5.97 Å². The van der Waals surface area contributed by atoms with Crippen molar-refractivity contribution < 1.29 is 24.1 Å². The van der Waals surface area contributed by atoms with Crippen molar-refractivity contribution in [3.8, 4) is 16.9 Å². The Morgan fingerprint density at radius 1 is 1.08 bits per heavy atom. The van der Waals surface area contributed by atoms with E-state index in [1.165, 1.54) is 13.2 Å². The zero-order valence-corrected chi connectivity index (χ0v) is 31.3. The van der Waals surface area contributed by atoms with Crippen molar-refractivity contribution in [3.05, 3.63) is 88.5 Å². The first-order valence-corrected chi connectivity index (χ1v) is 19.6. The number of carbonyl (C=O) groups is 1. The Labute approximate surface area is 309 Å². The molecule has 3 aliphatic rings. The van der Waals surface area contributed by atoms with Crippen LogP contribution in [0.3, 0.4) is 0 Å². The number of aromatic hydroxyl groups is 1. The van der Waals surface area contributed by atoms with Gasteiger partial charge in [-0.3, -0.25) is 14.3 Å². The van der Waals surface area contributed by atoms with Crippen LogP contribution in [-0.2, 0) is 48.1 Å². The first-order chi connectivity index (χ1) is 25.1. The zero-order chi connectivity index (χ0) is 36.3. The number of esters is 1. The van der Waals surface area contributed by atoms with Crippen LogP contribution in [0.15, 0.2) is 53.6 Å². The lowest BCUT2D eigenvalue weighted by Crippen LogP contribution is -2.60. The molecule has 10 nitrogen and oxygen atoms in total. The third-order valence-electron chi connectivity index (χ3n) is 10.8. The number of aliphatic hydroxyl groups is 1. The van der Waals surface area contributed by atoms with E-state index in [0.717, 1.165) is 74.8 Å². The lowest BCUT2D eigenvalue weighted by Gasteiger charge is -2.61. The number of hydrogen-bond donors (Lipinski definition) is 2. The first kappa shape index (κ1) is 34.7. The molecule has 0 aliphatic heterocycles. The lowest BCUT2D eigenvalue weighted by atomic mass is 9.50. The first-order valence-electron chi connectivity index (χ1n) is 17.5. The summed E-state index contributed by atoms with van der Waals surface area (Å²) in [6.45, 7) is 1.93. The van der Waals surface area contributed by atoms with E-state index in [-0.39, 0.29) is 23.7 Å². The topological polar surface area (TPSA) is 120 Å². The number of phenols is 1. The van der Waals surface area contributed by atoms with Gasteiger partial charge in [0.2, 0.25) is 0 Å². The maximum absolute atomic E-state index is 16.3. The summed E-state index contributed by atoms with van der Waals surface area (Å²) < 4.78 is 27.3. The van der Waals surface area contributed by atoms with Gasteiger partial charge >= 0.3 is 5.97 Å². The molecule has 0 unspecified atom stereocenters. The van der Waals surface area contributed by atoms with Gasteiger partial charge in [-0.05, 0) is 86.9 Å². The number of aryl methyl sites for hydroxylation is 4. The standard InChI is InChI=1S/C39H41FN6O4S2/c1-22-33(34-30(40)10-9-29-28(8-6-12-47)37(38(49)50-4)44(2)36(29)34)31(46(42-22)39-16-23(17-39)18-39)21-51-19-25-14-26(45(3)43-25)20-52-27-13-24-7-5-11-41-35(24)32(48)15-27/h5,7,9-11,13-15,23,47-48H,6,8,12,16-21H2,1-4H3. The fraction of sp³-hybridized carbons (Fsp3) is 0.385. The van der Waals surface area contributed by atoms with Crippen LogP contribution in [0.2, 0.25) is 0 Å². The molecule has 13 heteroatoms. The molecule has 3 saturated carbocycles. The molecule has 2 bridgehead atoms. The molecule has 4 heterocycles. The number of halogens is 1. The van der Waals surface area contributed by atoms with Gasteiger partial charge in [0.05, 0.1) is 35.2 Å². The van der Waals surface area contributed by atoms with Crippen LogP contribution in [0, 0.1) is 18.7 Å². The number of carbonyl (C=O) groups excluding carboxylic acids is 1. The average molecular weight is 741 g/mol. The van der Waals surface area contributed by atoms with Crippen molar-refractivity contribution in [2.24, 2.45) is 20.0 Å². The number of thioether (sulfide) groups is 2. The third kappa shape index (κ3) is 5.77. The highest BCUT2D eigenvalue weighted by molar-refractivity contribution is 7.98. The van der Waals surface area contributed by atoms with Gasteiger partial charge in [-0.15, -0.1) is 23.5 Å². The van der Waals surface area contributed by atoms with E-state index in [0.29, 0.717) is 52.4 Å². The second kappa shape index (κ2) is 13.6. The number of aromatic nitrogens is 6. The van der Waals surface area contributed by atoms with E-state index in [2.05, 4.69) is 15.7 Å². The Morgan fingerprint density at radius 3 is 2.62 bits per heavy atom. The van der Waals surface area contributed by atoms with Crippen LogP contribution >= 0.6 is 23.5 Å². The van der Waals surface area contributed by atoms with E-state index in [4.69, 9.17) is 14.9 Å². The molecule has 9 rings (SSSR count). The van der Waals surface area contributed by atoms with Crippen LogP contribution in [0.25, 0.3) is 32.9 Å². The number of methoxy groups -OCH3 is 1. The van der Waals surface area contributed by atoms with Crippen molar-refractivity contribution >= 4 is 51.3 Å². The summed E-state index contributed by atoms with van der Waals surface area (Å²) in [7, 11) is 5.08. The molecule has 2 aromatic carbocycles. The van der Waals surface area contributed by atoms with Crippen LogP contribution in [0.5, 0.6) is 5.75 Å². The van der Waals surface area contributed by atoms with Gasteiger partial charge in [0.1, 0.15) is 22.8 Å². The molecule has 3 fully saturated rings. The molecule has 3 aliphatic carbocycles. The molecule has 0 atom stereocenters. The minimum atomic E-state index is -0.490. The summed E-state index contributed by atoms with van der Waals surface area (Å²) in [5, 5.41) is 31.7. The Kier molecular flexibility index (Phi) is 9.07. The van der Waals surface area contributed by atoms with Crippen LogP contribution in [0.4, 0.5) is 4.39 Å². The fourth-order valence-electron chi connectivity index (χ4n) is 8.24. The van der Waals surface area contributed by atoms with Gasteiger partial charge < -0.3 is 19.5 Å². The molecule has 270 valence electrons. The number of benzene rings is 2. The highest BCUT2D eigenvalue weighted by Crippen LogP contribution is 2.63. The number of rotatable bonds is 13. The summed E-state index contributed by atoms with van der Waals surface area (Å²) in [5.41, 5.74) is 7.31. The molecule has 0 saturated heterocycles. The number of aliphatic hydroxyl groups excluding tert-OH is 1. The molecule has 0 radical (unpaired) electrons. The number of phenolic OH excluding ortho intramolecular Hbond substituents is 1. The van der Waals surface area contributed by atoms with E-state index in [1.807, 2.05) is 36.9 Å². The third-order valence-corrected chi connectivity index (χ3v) is 12.8. The summed E-state index contributed by atoms with van der Waals surface area (Å²) >= 11 is 3.37. The van der Waals surface area contributed by atoms with Crippen molar-refractivity contribution in [1.29, 1.82) is 0 Å². The summed E-state index contributed by atoms with van der Waals surface area (Å²) in [6, 6.07) is 13.0. The van der Waals surface area contributed by atoms with E-state index in [1.54, 1.807) is 53.5 Å². The number of ether oxygens (including phenoxy) is 1. The fourth-order valence-corrected chi connectivity index (χ4v) is 10.1. The van der Waals surface area contributed by atoms with Crippen LogP contribution < -0.4 is 0 Å². The number of hydrogen-bond acceptors (Lipinski definition) is 9. The van der Waals surface area contributed by atoms with Crippen molar-refractivity contribution in [3.63, 3.8) is 0 Å². The predicted octanol–water partition coefficient (Wildman–Crippen LogP) is 7.42. The summed E-state index contributed by atoms with van der Waals surface area (Å²) in [5.74, 6) is 2.00. The summed E-state index contributed by atoms with van der Waals surface area (Å²) in [6.07, 6.45) is 5.88. The molecule has 2 N–H and O–H groups in total. The van der Waals surface area contributed by atoms with Crippen molar-refractivity contribution in [2.75, 3.05) is 13.7 Å². The van der Waals surface area contributed by atoms with Gasteiger partial charge in [-0.25, -0.2) is 9.18 Å². The van der Waals surface area contributed by atoms with E-state index in [9.17, 15) is 15.0 Å². The Bertz CT molecular complexity index is 2350. The molecule has 4 aromatic heterocycles. The predicted molar refractivity (Wildman–Crippen MR) is 202 cm³/mol. The van der Waals surface area contributed by atoms with Gasteiger partial charge in [0, 0.05) is 76.6 Å². The Balaban J connectivity index is 1.09. The minimum absolute atomic E-state index is 0.0196.